The molecule has 1 saturated heterocycles. The summed E-state index contributed by atoms with van der Waals surface area (Å²) in [6.45, 7) is -0.132. The van der Waals surface area contributed by atoms with Crippen LogP contribution in [0.15, 0.2) is 0 Å². The van der Waals surface area contributed by atoms with Crippen molar-refractivity contribution in [2.75, 3.05) is 13.1 Å². The molecule has 0 radical (unpaired) electrons. The molecule has 1 aliphatic carbocycles. The highest BCUT2D eigenvalue weighted by Crippen LogP contribution is 2.46. The van der Waals surface area contributed by atoms with Crippen molar-refractivity contribution in [1.29, 1.82) is 0 Å². The van der Waals surface area contributed by atoms with Gasteiger partial charge < -0.3 is 5.11 Å². The van der Waals surface area contributed by atoms with E-state index in [1.165, 1.54) is 0 Å². The Bertz CT molecular complexity index is 337. The van der Waals surface area contributed by atoms with Gasteiger partial charge in [-0.2, -0.15) is 13.2 Å². The maximum Gasteiger partial charge on any atom is 0.406 e. The summed E-state index contributed by atoms with van der Waals surface area (Å²) >= 11 is 0. The molecule has 2 rings (SSSR count). The average molecular weight is 279 g/mol. The quantitative estimate of drug-likeness (QED) is 0.790. The van der Waals surface area contributed by atoms with E-state index in [0.717, 1.165) is 38.5 Å². The summed E-state index contributed by atoms with van der Waals surface area (Å²) in [7, 11) is 0. The number of aliphatic carboxylic acids is 1. The lowest BCUT2D eigenvalue weighted by atomic mass is 9.86. The molecule has 1 saturated carbocycles. The molecule has 1 aliphatic heterocycles. The van der Waals surface area contributed by atoms with Crippen molar-refractivity contribution in [2.24, 2.45) is 5.41 Å². The van der Waals surface area contributed by atoms with Gasteiger partial charge in [0.2, 0.25) is 0 Å². The van der Waals surface area contributed by atoms with Gasteiger partial charge in [-0.3, -0.25) is 9.69 Å². The van der Waals surface area contributed by atoms with Gasteiger partial charge in [-0.1, -0.05) is 25.7 Å². The number of nitrogens with zero attached hydrogens (tertiary/aromatic N) is 1. The number of carboxylic acid groups (broad SMARTS) is 1. The van der Waals surface area contributed by atoms with E-state index in [9.17, 15) is 18.0 Å². The first-order valence-corrected chi connectivity index (χ1v) is 6.91. The maximum absolute atomic E-state index is 13.1. The number of carbonyl (C=O) groups is 1. The van der Waals surface area contributed by atoms with E-state index in [2.05, 4.69) is 0 Å². The zero-order chi connectivity index (χ0) is 14.1. The Morgan fingerprint density at radius 1 is 1.16 bits per heavy atom. The number of carboxylic acids is 1. The monoisotopic (exact) mass is 279 g/mol. The van der Waals surface area contributed by atoms with E-state index in [0.29, 0.717) is 0 Å². The third-order valence-electron chi connectivity index (χ3n) is 4.59. The van der Waals surface area contributed by atoms with Crippen LogP contribution in [0.4, 0.5) is 13.2 Å². The molecular weight excluding hydrogens is 259 g/mol. The third kappa shape index (κ3) is 2.73. The second-order valence-corrected chi connectivity index (χ2v) is 5.75. The maximum atomic E-state index is 13.1. The van der Waals surface area contributed by atoms with Crippen LogP contribution in [0.25, 0.3) is 0 Å². The number of hydrogen-bond donors (Lipinski definition) is 1. The number of hydrogen-bond acceptors (Lipinski definition) is 2. The SMILES string of the molecule is O=C(O)C1(C(F)(F)F)CCN(C2CCCCCC2)C1. The van der Waals surface area contributed by atoms with Crippen molar-refractivity contribution in [3.8, 4) is 0 Å². The van der Waals surface area contributed by atoms with Gasteiger partial charge in [-0.25, -0.2) is 0 Å². The van der Waals surface area contributed by atoms with Crippen LogP contribution in [0.1, 0.15) is 44.9 Å². The van der Waals surface area contributed by atoms with E-state index in [4.69, 9.17) is 5.11 Å². The van der Waals surface area contributed by atoms with Gasteiger partial charge in [0.25, 0.3) is 0 Å². The molecule has 1 heterocycles. The molecule has 1 N–H and O–H groups in total. The van der Waals surface area contributed by atoms with Crippen LogP contribution in [-0.4, -0.2) is 41.3 Å². The topological polar surface area (TPSA) is 40.5 Å². The molecule has 1 unspecified atom stereocenters. The number of alkyl halides is 3. The largest absolute Gasteiger partial charge is 0.481 e. The first-order chi connectivity index (χ1) is 8.87. The smallest absolute Gasteiger partial charge is 0.406 e. The molecule has 2 fully saturated rings. The van der Waals surface area contributed by atoms with E-state index < -0.39 is 17.6 Å². The van der Waals surface area contributed by atoms with Gasteiger partial charge in [0.15, 0.2) is 5.41 Å². The lowest BCUT2D eigenvalue weighted by Crippen LogP contribution is -2.48. The molecule has 0 aromatic rings. The Morgan fingerprint density at radius 2 is 1.74 bits per heavy atom. The van der Waals surface area contributed by atoms with Gasteiger partial charge in [-0.15, -0.1) is 0 Å². The standard InChI is InChI=1S/C13H20F3NO2/c14-13(15,16)12(11(18)19)7-8-17(9-12)10-5-3-1-2-4-6-10/h10H,1-9H2,(H,18,19). The molecule has 3 nitrogen and oxygen atoms in total. The first-order valence-electron chi connectivity index (χ1n) is 6.91. The van der Waals surface area contributed by atoms with Crippen LogP contribution >= 0.6 is 0 Å². The van der Waals surface area contributed by atoms with Gasteiger partial charge in [0.1, 0.15) is 0 Å². The number of likely N-dealkylation sites (tertiary alicyclic amines) is 1. The molecule has 0 aromatic heterocycles. The second kappa shape index (κ2) is 5.31. The zero-order valence-electron chi connectivity index (χ0n) is 10.9. The summed E-state index contributed by atoms with van der Waals surface area (Å²) in [6.07, 6.45) is 1.14. The van der Waals surface area contributed by atoms with Crippen LogP contribution in [0.5, 0.6) is 0 Å². The number of rotatable bonds is 2. The highest BCUT2D eigenvalue weighted by atomic mass is 19.4. The van der Waals surface area contributed by atoms with Crippen LogP contribution in [0.2, 0.25) is 0 Å². The van der Waals surface area contributed by atoms with Crippen molar-refractivity contribution >= 4 is 5.97 Å². The van der Waals surface area contributed by atoms with E-state index >= 15 is 0 Å². The highest BCUT2D eigenvalue weighted by Gasteiger charge is 2.63. The lowest BCUT2D eigenvalue weighted by molar-refractivity contribution is -0.227. The molecule has 1 atom stereocenters. The fraction of sp³-hybridized carbons (Fsp3) is 0.923. The predicted molar refractivity (Wildman–Crippen MR) is 63.8 cm³/mol. The van der Waals surface area contributed by atoms with Crippen LogP contribution in [0.3, 0.4) is 0 Å². The molecule has 110 valence electrons. The molecule has 0 aromatic carbocycles. The Morgan fingerprint density at radius 3 is 2.16 bits per heavy atom. The molecular formula is C13H20F3NO2. The minimum absolute atomic E-state index is 0.131. The summed E-state index contributed by atoms with van der Waals surface area (Å²) in [4.78, 5) is 12.9. The fourth-order valence-electron chi connectivity index (χ4n) is 3.30. The second-order valence-electron chi connectivity index (χ2n) is 5.75. The van der Waals surface area contributed by atoms with Crippen LogP contribution in [-0.2, 0) is 4.79 Å². The van der Waals surface area contributed by atoms with Crippen molar-refractivity contribution < 1.29 is 23.1 Å². The molecule has 2 aliphatic rings. The zero-order valence-corrected chi connectivity index (χ0v) is 10.9. The van der Waals surface area contributed by atoms with Crippen LogP contribution < -0.4 is 0 Å². The summed E-state index contributed by atoms with van der Waals surface area (Å²) in [5.41, 5.74) is -2.56. The number of halogens is 3. The Labute approximate surface area is 110 Å². The minimum Gasteiger partial charge on any atom is -0.481 e. The Balaban J connectivity index is 2.10. The first kappa shape index (κ1) is 14.6. The lowest BCUT2D eigenvalue weighted by Gasteiger charge is -2.30. The fourth-order valence-corrected chi connectivity index (χ4v) is 3.30. The molecule has 0 bridgehead atoms. The van der Waals surface area contributed by atoms with Gasteiger partial charge >= 0.3 is 12.1 Å². The average Bonchev–Trinajstić information content (AvgIpc) is 2.61. The van der Waals surface area contributed by atoms with E-state index in [1.807, 2.05) is 0 Å². The summed E-state index contributed by atoms with van der Waals surface area (Å²) in [6, 6.07) is 0.131. The van der Waals surface area contributed by atoms with Gasteiger partial charge in [-0.05, 0) is 25.8 Å². The van der Waals surface area contributed by atoms with E-state index in [1.54, 1.807) is 4.90 Å². The van der Waals surface area contributed by atoms with Crippen molar-refractivity contribution in [1.82, 2.24) is 4.90 Å². The predicted octanol–water partition coefficient (Wildman–Crippen LogP) is 3.05. The minimum atomic E-state index is -4.67. The summed E-state index contributed by atoms with van der Waals surface area (Å²) in [5, 5.41) is 9.02. The third-order valence-corrected chi connectivity index (χ3v) is 4.59. The van der Waals surface area contributed by atoms with Crippen LogP contribution in [0, 0.1) is 5.41 Å². The van der Waals surface area contributed by atoms with Crippen molar-refractivity contribution in [3.63, 3.8) is 0 Å². The van der Waals surface area contributed by atoms with Gasteiger partial charge in [0.05, 0.1) is 0 Å². The Kier molecular flexibility index (Phi) is 4.08. The summed E-state index contributed by atoms with van der Waals surface area (Å²) < 4.78 is 39.2. The van der Waals surface area contributed by atoms with Crippen molar-refractivity contribution in [2.45, 2.75) is 57.2 Å². The molecule has 19 heavy (non-hydrogen) atoms. The molecule has 0 spiro atoms. The van der Waals surface area contributed by atoms with E-state index in [-0.39, 0.29) is 25.6 Å². The molecule has 0 amide bonds. The normalized spacial score (nSPS) is 31.3. The Hall–Kier alpha value is -0.780. The van der Waals surface area contributed by atoms with Crippen molar-refractivity contribution in [3.05, 3.63) is 0 Å². The van der Waals surface area contributed by atoms with Gasteiger partial charge in [0, 0.05) is 12.6 Å². The highest BCUT2D eigenvalue weighted by molar-refractivity contribution is 5.76. The summed E-state index contributed by atoms with van der Waals surface area (Å²) in [5.74, 6) is -1.73. The molecule has 6 heteroatoms.